The molecule has 0 spiro atoms. The number of nitrogens with zero attached hydrogens (tertiary/aromatic N) is 1. The summed E-state index contributed by atoms with van der Waals surface area (Å²) in [5, 5.41) is 8.13. The molecule has 2 aliphatic carbocycles. The van der Waals surface area contributed by atoms with Crippen LogP contribution >= 0.6 is 11.9 Å². The van der Waals surface area contributed by atoms with Crippen molar-refractivity contribution < 1.29 is 33.4 Å². The first-order valence-corrected chi connectivity index (χ1v) is 15.2. The Kier molecular flexibility index (Phi) is 9.57. The number of urea groups is 1. The van der Waals surface area contributed by atoms with Crippen LogP contribution in [0.5, 0.6) is 0 Å². The minimum Gasteiger partial charge on any atom is -0.464 e. The van der Waals surface area contributed by atoms with Crippen molar-refractivity contribution >= 4 is 41.7 Å². The fourth-order valence-corrected chi connectivity index (χ4v) is 5.83. The second kappa shape index (κ2) is 12.6. The molecule has 4 rings (SSSR count). The summed E-state index contributed by atoms with van der Waals surface area (Å²) in [7, 11) is 0. The van der Waals surface area contributed by atoms with Gasteiger partial charge in [-0.3, -0.25) is 19.1 Å². The first kappa shape index (κ1) is 31.1. The Morgan fingerprint density at radius 3 is 2.44 bits per heavy atom. The second-order valence-electron chi connectivity index (χ2n) is 12.9. The molecule has 5 amide bonds. The zero-order chi connectivity index (χ0) is 30.1. The van der Waals surface area contributed by atoms with Gasteiger partial charge >= 0.3 is 12.0 Å². The van der Waals surface area contributed by atoms with Gasteiger partial charge in [-0.05, 0) is 60.3 Å². The number of amides is 5. The minimum atomic E-state index is -0.942. The van der Waals surface area contributed by atoms with Gasteiger partial charge in [-0.15, -0.1) is 6.58 Å². The molecule has 4 fully saturated rings. The van der Waals surface area contributed by atoms with Crippen molar-refractivity contribution in [2.75, 3.05) is 19.7 Å². The molecule has 12 nitrogen and oxygen atoms in total. The van der Waals surface area contributed by atoms with Crippen LogP contribution in [0.3, 0.4) is 0 Å². The summed E-state index contributed by atoms with van der Waals surface area (Å²) in [6.07, 6.45) is 3.86. The van der Waals surface area contributed by atoms with Gasteiger partial charge < -0.3 is 30.3 Å². The van der Waals surface area contributed by atoms with Crippen molar-refractivity contribution in [3.05, 3.63) is 12.7 Å². The molecule has 0 aromatic carbocycles. The van der Waals surface area contributed by atoms with Crippen LogP contribution in [-0.4, -0.2) is 84.0 Å². The first-order chi connectivity index (χ1) is 19.3. The van der Waals surface area contributed by atoms with Crippen molar-refractivity contribution in [1.82, 2.24) is 25.6 Å². The van der Waals surface area contributed by atoms with E-state index in [-0.39, 0.29) is 35.5 Å². The Balaban J connectivity index is 1.35. The third-order valence-corrected chi connectivity index (χ3v) is 8.77. The van der Waals surface area contributed by atoms with Crippen molar-refractivity contribution in [2.24, 2.45) is 29.1 Å². The molecule has 13 heteroatoms. The molecule has 2 saturated heterocycles. The van der Waals surface area contributed by atoms with E-state index < -0.39 is 47.1 Å². The first-order valence-electron chi connectivity index (χ1n) is 14.4. The van der Waals surface area contributed by atoms with Gasteiger partial charge in [0.05, 0.1) is 6.61 Å². The van der Waals surface area contributed by atoms with E-state index in [1.807, 2.05) is 34.6 Å². The summed E-state index contributed by atoms with van der Waals surface area (Å²) in [5.41, 5.74) is -1.17. The molecular weight excluding hydrogens is 550 g/mol. The van der Waals surface area contributed by atoms with E-state index in [0.29, 0.717) is 25.6 Å². The zero-order valence-corrected chi connectivity index (χ0v) is 25.3. The van der Waals surface area contributed by atoms with Gasteiger partial charge in [-0.25, -0.2) is 9.59 Å². The quantitative estimate of drug-likeness (QED) is 0.108. The van der Waals surface area contributed by atoms with Crippen LogP contribution in [0.1, 0.15) is 53.9 Å². The third-order valence-electron chi connectivity index (χ3n) is 7.86. The van der Waals surface area contributed by atoms with Crippen molar-refractivity contribution in [1.29, 1.82) is 0 Å². The lowest BCUT2D eigenvalue weighted by atomic mass is 9.85. The predicted molar refractivity (Wildman–Crippen MR) is 152 cm³/mol. The normalized spacial score (nSPS) is 27.7. The smallest absolute Gasteiger partial charge is 0.328 e. The molecule has 0 radical (unpaired) electrons. The molecule has 0 aromatic heterocycles. The van der Waals surface area contributed by atoms with E-state index in [1.165, 1.54) is 0 Å². The summed E-state index contributed by atoms with van der Waals surface area (Å²) in [6, 6.07) is -3.12. The monoisotopic (exact) mass is 593 g/mol. The van der Waals surface area contributed by atoms with Crippen LogP contribution in [0, 0.1) is 29.1 Å². The molecule has 4 N–H and O–H groups in total. The summed E-state index contributed by atoms with van der Waals surface area (Å²) in [5.74, 6) is -0.979. The molecule has 0 aromatic rings. The van der Waals surface area contributed by atoms with E-state index in [4.69, 9.17) is 9.47 Å². The lowest BCUT2D eigenvalue weighted by Crippen LogP contribution is -2.61. The summed E-state index contributed by atoms with van der Waals surface area (Å²) in [6.45, 7) is 13.8. The molecule has 2 heterocycles. The van der Waals surface area contributed by atoms with Gasteiger partial charge in [-0.1, -0.05) is 40.7 Å². The van der Waals surface area contributed by atoms with Crippen LogP contribution in [0.2, 0.25) is 0 Å². The molecule has 2 unspecified atom stereocenters. The van der Waals surface area contributed by atoms with E-state index in [2.05, 4.69) is 27.3 Å². The number of nitrogens with one attached hydrogen (secondary N) is 4. The van der Waals surface area contributed by atoms with Gasteiger partial charge in [0.15, 0.2) is 11.5 Å². The number of hydrogen-bond donors (Lipinski definition) is 4. The topological polar surface area (TPSA) is 158 Å². The molecular formula is C28H43N5O7S. The fraction of sp³-hybridized carbons (Fsp3) is 0.750. The predicted octanol–water partition coefficient (Wildman–Crippen LogP) is 1.32. The Hall–Kier alpha value is -2.80. The largest absolute Gasteiger partial charge is 0.464 e. The maximum absolute atomic E-state index is 13.9. The second-order valence-corrected chi connectivity index (χ2v) is 13.8. The maximum Gasteiger partial charge on any atom is 0.328 e. The number of esters is 1. The summed E-state index contributed by atoms with van der Waals surface area (Å²) >= 11 is 1.02. The molecule has 7 atom stereocenters. The molecule has 4 aliphatic rings. The molecule has 228 valence electrons. The van der Waals surface area contributed by atoms with E-state index in [9.17, 15) is 24.0 Å². The number of fused-ring (bicyclic) bond motifs is 1. The SMILES string of the molecule is C=CCNC(=O)C1OC1SNC(=O)[C@@H]1[C@H]2C[C@H]2CN1C(=O)[C@@H](NC(=O)N[C@H](C(=O)OCC1CC1)C(C)C)C(C)(C)C. The highest BCUT2D eigenvalue weighted by Gasteiger charge is 2.58. The number of rotatable bonds is 13. The Bertz CT molecular complexity index is 1060. The average Bonchev–Trinajstić information content (AvgIpc) is 3.81. The van der Waals surface area contributed by atoms with Gasteiger partial charge in [0.2, 0.25) is 5.91 Å². The van der Waals surface area contributed by atoms with Gasteiger partial charge in [0.1, 0.15) is 18.1 Å². The van der Waals surface area contributed by atoms with Crippen LogP contribution < -0.4 is 20.7 Å². The van der Waals surface area contributed by atoms with E-state index >= 15 is 0 Å². The molecule has 41 heavy (non-hydrogen) atoms. The highest BCUT2D eigenvalue weighted by Crippen LogP contribution is 2.50. The number of ether oxygens (including phenoxy) is 2. The Labute approximate surface area is 245 Å². The van der Waals surface area contributed by atoms with Crippen molar-refractivity contribution in [3.8, 4) is 0 Å². The van der Waals surface area contributed by atoms with Crippen LogP contribution in [0.4, 0.5) is 4.79 Å². The standard InChI is InChI=1S/C28H43N5O7S/c1-7-10-29-23(35)20-26(40-20)41-32-22(34)19-17-11-16(17)12-33(19)24(36)21(28(4,5)6)31-27(38)30-18(14(2)3)25(37)39-13-15-8-9-15/h7,14-21,26H,1,8-13H2,2-6H3,(H,29,35)(H,32,34)(H2,30,31,38)/t16-,17-,18-,19-,20?,21+,26?/m0/s1. The summed E-state index contributed by atoms with van der Waals surface area (Å²) < 4.78 is 13.5. The summed E-state index contributed by atoms with van der Waals surface area (Å²) in [4.78, 5) is 66.4. The van der Waals surface area contributed by atoms with Gasteiger partial charge in [-0.2, -0.15) is 0 Å². The van der Waals surface area contributed by atoms with Crippen molar-refractivity contribution in [2.45, 2.75) is 83.5 Å². The van der Waals surface area contributed by atoms with E-state index in [1.54, 1.807) is 11.0 Å². The lowest BCUT2D eigenvalue weighted by molar-refractivity contribution is -0.147. The Morgan fingerprint density at radius 2 is 1.83 bits per heavy atom. The van der Waals surface area contributed by atoms with Gasteiger partial charge in [0, 0.05) is 13.1 Å². The van der Waals surface area contributed by atoms with Crippen LogP contribution in [-0.2, 0) is 28.7 Å². The number of carbonyl (C=O) groups is 5. The lowest BCUT2D eigenvalue weighted by Gasteiger charge is -2.36. The number of likely N-dealkylation sites (tertiary alicyclic amines) is 1. The maximum atomic E-state index is 13.9. The third kappa shape index (κ3) is 7.94. The molecule has 2 aliphatic heterocycles. The Morgan fingerprint density at radius 1 is 1.12 bits per heavy atom. The number of carbonyl (C=O) groups excluding carboxylic acids is 5. The number of epoxide rings is 1. The highest BCUT2D eigenvalue weighted by molar-refractivity contribution is 7.98. The molecule has 0 bridgehead atoms. The highest BCUT2D eigenvalue weighted by atomic mass is 32.2. The van der Waals surface area contributed by atoms with Crippen LogP contribution in [0.25, 0.3) is 0 Å². The number of hydrogen-bond acceptors (Lipinski definition) is 8. The van der Waals surface area contributed by atoms with E-state index in [0.717, 1.165) is 31.2 Å². The zero-order valence-electron chi connectivity index (χ0n) is 24.4. The van der Waals surface area contributed by atoms with Gasteiger partial charge in [0.25, 0.3) is 11.8 Å². The average molecular weight is 594 g/mol. The minimum absolute atomic E-state index is 0.0485. The fourth-order valence-electron chi connectivity index (χ4n) is 5.05. The van der Waals surface area contributed by atoms with Crippen LogP contribution in [0.15, 0.2) is 12.7 Å². The molecule has 2 saturated carbocycles. The number of piperidine rings is 1. The van der Waals surface area contributed by atoms with Crippen molar-refractivity contribution in [3.63, 3.8) is 0 Å².